The molecule has 4 heterocycles. The number of amides is 2. The largest absolute Gasteiger partial charge is 0.497 e. The van der Waals surface area contributed by atoms with Crippen LogP contribution in [0.15, 0.2) is 67.0 Å². The molecule has 2 amide bonds. The lowest BCUT2D eigenvalue weighted by atomic mass is 9.68. The van der Waals surface area contributed by atoms with Crippen LogP contribution in [0.3, 0.4) is 0 Å². The maximum Gasteiger partial charge on any atom is 0.322 e. The Morgan fingerprint density at radius 3 is 2.62 bits per heavy atom. The first-order chi connectivity index (χ1) is 19.4. The van der Waals surface area contributed by atoms with Crippen molar-refractivity contribution in [3.05, 3.63) is 89.6 Å². The molecule has 9 heteroatoms. The van der Waals surface area contributed by atoms with Crippen molar-refractivity contribution in [3.8, 4) is 5.75 Å². The molecule has 0 radical (unpaired) electrons. The molecule has 1 spiro atoms. The number of aromatic nitrogens is 2. The van der Waals surface area contributed by atoms with E-state index in [9.17, 15) is 14.3 Å². The predicted octanol–water partition coefficient (Wildman–Crippen LogP) is 4.84. The van der Waals surface area contributed by atoms with Crippen molar-refractivity contribution in [2.75, 3.05) is 38.7 Å². The molecule has 4 aromatic rings. The van der Waals surface area contributed by atoms with Crippen LogP contribution in [-0.2, 0) is 19.0 Å². The zero-order valence-electron chi connectivity index (χ0n) is 22.8. The summed E-state index contributed by atoms with van der Waals surface area (Å²) in [6.07, 6.45) is 5.43. The number of carbonyl (C=O) groups is 1. The molecule has 2 N–H and O–H groups in total. The minimum Gasteiger partial charge on any atom is -0.497 e. The van der Waals surface area contributed by atoms with Gasteiger partial charge in [-0.25, -0.2) is 9.18 Å². The molecule has 0 unspecified atom stereocenters. The van der Waals surface area contributed by atoms with Crippen molar-refractivity contribution < 1.29 is 19.0 Å². The van der Waals surface area contributed by atoms with E-state index in [1.807, 2.05) is 31.4 Å². The van der Waals surface area contributed by atoms with Gasteiger partial charge in [0.15, 0.2) is 0 Å². The van der Waals surface area contributed by atoms with E-state index in [0.717, 1.165) is 54.8 Å². The van der Waals surface area contributed by atoms with Crippen LogP contribution in [0.4, 0.5) is 14.9 Å². The summed E-state index contributed by atoms with van der Waals surface area (Å²) < 4.78 is 21.1. The van der Waals surface area contributed by atoms with Crippen molar-refractivity contribution in [3.63, 3.8) is 0 Å². The number of aryl methyl sites for hydroxylation is 1. The monoisotopic (exact) mass is 543 g/mol. The van der Waals surface area contributed by atoms with Crippen LogP contribution in [0.2, 0.25) is 0 Å². The quantitative estimate of drug-likeness (QED) is 0.377. The van der Waals surface area contributed by atoms with E-state index in [-0.39, 0.29) is 23.9 Å². The second-order valence-corrected chi connectivity index (χ2v) is 10.9. The zero-order valence-corrected chi connectivity index (χ0v) is 22.8. The molecule has 1 fully saturated rings. The Bertz CT molecular complexity index is 1510. The number of likely N-dealkylation sites (tertiary alicyclic amines) is 1. The molecule has 8 nitrogen and oxygen atoms in total. The van der Waals surface area contributed by atoms with Gasteiger partial charge in [0, 0.05) is 60.8 Å². The summed E-state index contributed by atoms with van der Waals surface area (Å²) in [5.41, 5.74) is 4.59. The van der Waals surface area contributed by atoms with Gasteiger partial charge in [-0.3, -0.25) is 9.88 Å². The number of nitrogens with one attached hydrogen (secondary N) is 1. The first kappa shape index (κ1) is 26.3. The summed E-state index contributed by atoms with van der Waals surface area (Å²) in [6.45, 7) is 2.84. The van der Waals surface area contributed by atoms with Crippen LogP contribution in [0.25, 0.3) is 10.9 Å². The molecule has 1 saturated heterocycles. The van der Waals surface area contributed by atoms with E-state index in [2.05, 4.69) is 31.9 Å². The van der Waals surface area contributed by atoms with Crippen LogP contribution < -0.4 is 10.1 Å². The standard InChI is InChI=1S/C31H34FN5O3/c1-35-26-16-24(40-2)9-10-25(26)28-29(35)27(19-38)37(30(39)34-23-7-5-22(32)6-8-23)20-31(28)11-14-36(15-12-31)18-21-4-3-13-33-17-21/h3-10,13,16-17,27,38H,11-12,14-15,18-20H2,1-2H3,(H,34,39)/t27-/m1/s1. The van der Waals surface area contributed by atoms with Gasteiger partial charge in [-0.05, 0) is 79.5 Å². The number of carbonyl (C=O) groups excluding carboxylic acids is 1. The van der Waals surface area contributed by atoms with Crippen LogP contribution in [0.5, 0.6) is 5.75 Å². The molecule has 208 valence electrons. The maximum absolute atomic E-state index is 13.8. The second kappa shape index (κ2) is 10.6. The topological polar surface area (TPSA) is 82.9 Å². The summed E-state index contributed by atoms with van der Waals surface area (Å²) in [6, 6.07) is 15.1. The molecule has 2 aliphatic rings. The fraction of sp³-hybridized carbons (Fsp3) is 0.355. The lowest BCUT2D eigenvalue weighted by Gasteiger charge is -2.50. The van der Waals surface area contributed by atoms with Crippen LogP contribution in [-0.4, -0.2) is 63.8 Å². The van der Waals surface area contributed by atoms with Gasteiger partial charge in [-0.1, -0.05) is 6.07 Å². The van der Waals surface area contributed by atoms with Crippen molar-refractivity contribution >= 4 is 22.6 Å². The number of piperidine rings is 1. The highest BCUT2D eigenvalue weighted by Crippen LogP contribution is 2.50. The van der Waals surface area contributed by atoms with E-state index < -0.39 is 6.04 Å². The highest BCUT2D eigenvalue weighted by Gasteiger charge is 2.49. The van der Waals surface area contributed by atoms with Gasteiger partial charge >= 0.3 is 6.03 Å². The molecule has 6 rings (SSSR count). The number of pyridine rings is 1. The third-order valence-corrected chi connectivity index (χ3v) is 8.62. The lowest BCUT2D eigenvalue weighted by molar-refractivity contribution is 0.0692. The average Bonchev–Trinajstić information content (AvgIpc) is 3.28. The number of anilines is 1. The number of halogens is 1. The van der Waals surface area contributed by atoms with Gasteiger partial charge in [0.25, 0.3) is 0 Å². The van der Waals surface area contributed by atoms with Crippen LogP contribution in [0, 0.1) is 5.82 Å². The molecule has 0 aliphatic carbocycles. The Morgan fingerprint density at radius 1 is 1.18 bits per heavy atom. The van der Waals surface area contributed by atoms with Gasteiger partial charge in [-0.15, -0.1) is 0 Å². The molecular formula is C31H34FN5O3. The number of aliphatic hydroxyl groups is 1. The van der Waals surface area contributed by atoms with Crippen molar-refractivity contribution in [1.82, 2.24) is 19.4 Å². The van der Waals surface area contributed by atoms with E-state index in [1.54, 1.807) is 30.3 Å². The number of ether oxygens (including phenoxy) is 1. The zero-order chi connectivity index (χ0) is 27.9. The summed E-state index contributed by atoms with van der Waals surface area (Å²) in [5.74, 6) is 0.397. The van der Waals surface area contributed by atoms with Gasteiger partial charge < -0.3 is 24.6 Å². The SMILES string of the molecule is COc1ccc2c3c(n(C)c2c1)[C@@H](CO)N(C(=O)Nc1ccc(F)cc1)CC31CCN(Cc2cccnc2)CC1. The molecule has 0 saturated carbocycles. The molecule has 0 bridgehead atoms. The van der Waals surface area contributed by atoms with Crippen LogP contribution >= 0.6 is 0 Å². The minimum atomic E-state index is -0.530. The maximum atomic E-state index is 13.8. The van der Waals surface area contributed by atoms with Crippen molar-refractivity contribution in [2.24, 2.45) is 7.05 Å². The highest BCUT2D eigenvalue weighted by atomic mass is 19.1. The average molecular weight is 544 g/mol. The Morgan fingerprint density at radius 2 is 1.95 bits per heavy atom. The van der Waals surface area contributed by atoms with Gasteiger partial charge in [0.1, 0.15) is 11.6 Å². The van der Waals surface area contributed by atoms with Crippen molar-refractivity contribution in [2.45, 2.75) is 30.8 Å². The molecule has 40 heavy (non-hydrogen) atoms. The van der Waals surface area contributed by atoms with E-state index >= 15 is 0 Å². The lowest BCUT2D eigenvalue weighted by Crippen LogP contribution is -2.56. The fourth-order valence-electron chi connectivity index (χ4n) is 6.60. The predicted molar refractivity (Wildman–Crippen MR) is 152 cm³/mol. The summed E-state index contributed by atoms with van der Waals surface area (Å²) in [7, 11) is 3.65. The minimum absolute atomic E-state index is 0.214. The Balaban J connectivity index is 1.39. The van der Waals surface area contributed by atoms with E-state index in [0.29, 0.717) is 12.2 Å². The Labute approximate surface area is 233 Å². The number of benzene rings is 2. The molecule has 2 aliphatic heterocycles. The third-order valence-electron chi connectivity index (χ3n) is 8.62. The number of fused-ring (bicyclic) bond motifs is 4. The smallest absolute Gasteiger partial charge is 0.322 e. The number of aliphatic hydroxyl groups excluding tert-OH is 1. The first-order valence-corrected chi connectivity index (χ1v) is 13.6. The first-order valence-electron chi connectivity index (χ1n) is 13.6. The molecular weight excluding hydrogens is 509 g/mol. The Kier molecular flexibility index (Phi) is 6.93. The fourth-order valence-corrected chi connectivity index (χ4v) is 6.60. The highest BCUT2D eigenvalue weighted by molar-refractivity contribution is 5.92. The van der Waals surface area contributed by atoms with Crippen LogP contribution in [0.1, 0.15) is 35.7 Å². The summed E-state index contributed by atoms with van der Waals surface area (Å²) in [4.78, 5) is 22.2. The van der Waals surface area contributed by atoms with Gasteiger partial charge in [-0.2, -0.15) is 0 Å². The normalized spacial score (nSPS) is 18.6. The third kappa shape index (κ3) is 4.59. The molecule has 1 atom stereocenters. The van der Waals surface area contributed by atoms with E-state index in [4.69, 9.17) is 4.74 Å². The van der Waals surface area contributed by atoms with Gasteiger partial charge in [0.05, 0.1) is 25.3 Å². The number of rotatable bonds is 5. The van der Waals surface area contributed by atoms with Gasteiger partial charge in [0.2, 0.25) is 0 Å². The summed E-state index contributed by atoms with van der Waals surface area (Å²) >= 11 is 0. The Hall–Kier alpha value is -3.95. The number of hydrogen-bond acceptors (Lipinski definition) is 5. The van der Waals surface area contributed by atoms with E-state index in [1.165, 1.54) is 23.3 Å². The number of hydrogen-bond donors (Lipinski definition) is 2. The number of urea groups is 1. The summed E-state index contributed by atoms with van der Waals surface area (Å²) in [5, 5.41) is 14.7. The second-order valence-electron chi connectivity index (χ2n) is 10.9. The van der Waals surface area contributed by atoms with Crippen molar-refractivity contribution in [1.29, 1.82) is 0 Å². The molecule has 2 aromatic carbocycles. The number of methoxy groups -OCH3 is 1. The molecule has 2 aromatic heterocycles. The number of nitrogens with zero attached hydrogens (tertiary/aromatic N) is 4.